The molecule has 94 valence electrons. The number of carboxylic acids is 1. The Labute approximate surface area is 111 Å². The Kier molecular flexibility index (Phi) is 2.81. The van der Waals surface area contributed by atoms with Crippen molar-refractivity contribution < 1.29 is 9.90 Å². The quantitative estimate of drug-likeness (QED) is 0.761. The molecule has 19 heavy (non-hydrogen) atoms. The van der Waals surface area contributed by atoms with Crippen LogP contribution in [0.3, 0.4) is 0 Å². The Morgan fingerprint density at radius 3 is 2.84 bits per heavy atom. The van der Waals surface area contributed by atoms with Crippen molar-refractivity contribution in [2.24, 2.45) is 0 Å². The number of anilines is 2. The van der Waals surface area contributed by atoms with E-state index in [9.17, 15) is 4.79 Å². The van der Waals surface area contributed by atoms with Crippen molar-refractivity contribution in [2.75, 3.05) is 5.32 Å². The van der Waals surface area contributed by atoms with Crippen molar-refractivity contribution in [3.63, 3.8) is 0 Å². The van der Waals surface area contributed by atoms with Crippen LogP contribution in [0.2, 0.25) is 0 Å². The van der Waals surface area contributed by atoms with Gasteiger partial charge in [0.15, 0.2) is 5.69 Å². The number of hydrogen-bond donors (Lipinski definition) is 2. The molecule has 7 heteroatoms. The standard InChI is InChI=1S/C12H8N4O2S/c17-12(18)9-4-14-11(5-13-9)16-7-1-2-8-10(3-7)19-6-15-8/h1-6H,(H,14,16)(H,17,18). The maximum atomic E-state index is 10.7. The minimum absolute atomic E-state index is 0.0801. The predicted molar refractivity (Wildman–Crippen MR) is 71.9 cm³/mol. The molecule has 0 fully saturated rings. The van der Waals surface area contributed by atoms with Crippen LogP contribution in [0.4, 0.5) is 11.5 Å². The van der Waals surface area contributed by atoms with Crippen molar-refractivity contribution in [1.82, 2.24) is 15.0 Å². The fourth-order valence-electron chi connectivity index (χ4n) is 1.58. The van der Waals surface area contributed by atoms with Crippen molar-refractivity contribution in [1.29, 1.82) is 0 Å². The summed E-state index contributed by atoms with van der Waals surface area (Å²) < 4.78 is 1.07. The lowest BCUT2D eigenvalue weighted by atomic mass is 10.3. The maximum absolute atomic E-state index is 10.7. The molecule has 2 N–H and O–H groups in total. The number of aromatic carboxylic acids is 1. The van der Waals surface area contributed by atoms with Gasteiger partial charge in [-0.2, -0.15) is 0 Å². The molecule has 1 aromatic carbocycles. The Balaban J connectivity index is 1.85. The van der Waals surface area contributed by atoms with E-state index in [1.807, 2.05) is 18.2 Å². The highest BCUT2D eigenvalue weighted by atomic mass is 32.1. The van der Waals surface area contributed by atoms with Crippen molar-refractivity contribution >= 4 is 39.0 Å². The fourth-order valence-corrected chi connectivity index (χ4v) is 2.30. The highest BCUT2D eigenvalue weighted by Crippen LogP contribution is 2.23. The number of carbonyl (C=O) groups is 1. The number of fused-ring (bicyclic) bond motifs is 1. The van der Waals surface area contributed by atoms with Gasteiger partial charge in [-0.15, -0.1) is 11.3 Å². The van der Waals surface area contributed by atoms with Crippen LogP contribution in [0.25, 0.3) is 10.2 Å². The van der Waals surface area contributed by atoms with Crippen LogP contribution in [0.5, 0.6) is 0 Å². The third kappa shape index (κ3) is 2.36. The van der Waals surface area contributed by atoms with Crippen molar-refractivity contribution in [2.45, 2.75) is 0 Å². The highest BCUT2D eigenvalue weighted by Gasteiger charge is 2.05. The van der Waals surface area contributed by atoms with E-state index < -0.39 is 5.97 Å². The van der Waals surface area contributed by atoms with E-state index in [0.717, 1.165) is 15.9 Å². The van der Waals surface area contributed by atoms with Crippen molar-refractivity contribution in [3.8, 4) is 0 Å². The topological polar surface area (TPSA) is 88.0 Å². The maximum Gasteiger partial charge on any atom is 0.356 e. The van der Waals surface area contributed by atoms with E-state index >= 15 is 0 Å². The van der Waals surface area contributed by atoms with Gasteiger partial charge in [0, 0.05) is 5.69 Å². The SMILES string of the molecule is O=C(O)c1cnc(Nc2ccc3ncsc3c2)cn1. The molecular formula is C12H8N4O2S. The van der Waals surface area contributed by atoms with Crippen LogP contribution >= 0.6 is 11.3 Å². The molecule has 0 bridgehead atoms. The second-order valence-electron chi connectivity index (χ2n) is 3.75. The Morgan fingerprint density at radius 1 is 1.21 bits per heavy atom. The first kappa shape index (κ1) is 11.5. The largest absolute Gasteiger partial charge is 0.476 e. The summed E-state index contributed by atoms with van der Waals surface area (Å²) in [5.74, 6) is -0.598. The number of benzene rings is 1. The van der Waals surface area contributed by atoms with Gasteiger partial charge in [0.1, 0.15) is 5.82 Å². The molecule has 0 radical (unpaired) electrons. The van der Waals surface area contributed by atoms with E-state index in [1.54, 1.807) is 16.8 Å². The Bertz CT molecular complexity index is 739. The number of nitrogens with zero attached hydrogens (tertiary/aromatic N) is 3. The first-order valence-electron chi connectivity index (χ1n) is 5.38. The summed E-state index contributed by atoms with van der Waals surface area (Å²) in [6.07, 6.45) is 2.61. The predicted octanol–water partition coefficient (Wildman–Crippen LogP) is 2.53. The first-order valence-corrected chi connectivity index (χ1v) is 6.26. The number of carboxylic acid groups (broad SMARTS) is 1. The number of nitrogens with one attached hydrogen (secondary N) is 1. The van der Waals surface area contributed by atoms with Crippen LogP contribution < -0.4 is 5.32 Å². The molecule has 6 nitrogen and oxygen atoms in total. The molecule has 0 unspecified atom stereocenters. The zero-order chi connectivity index (χ0) is 13.2. The van der Waals surface area contributed by atoms with Gasteiger partial charge in [-0.05, 0) is 18.2 Å². The Morgan fingerprint density at radius 2 is 2.11 bits per heavy atom. The van der Waals surface area contributed by atoms with Gasteiger partial charge in [-0.25, -0.2) is 19.7 Å². The number of hydrogen-bond acceptors (Lipinski definition) is 6. The minimum atomic E-state index is -1.09. The normalized spacial score (nSPS) is 10.5. The molecule has 0 aliphatic carbocycles. The van der Waals surface area contributed by atoms with E-state index in [-0.39, 0.29) is 5.69 Å². The fraction of sp³-hybridized carbons (Fsp3) is 0. The molecule has 2 heterocycles. The molecule has 0 atom stereocenters. The second-order valence-corrected chi connectivity index (χ2v) is 4.64. The van der Waals surface area contributed by atoms with E-state index in [2.05, 4.69) is 20.3 Å². The third-order valence-corrected chi connectivity index (χ3v) is 3.27. The van der Waals surface area contributed by atoms with Gasteiger partial charge in [0.2, 0.25) is 0 Å². The van der Waals surface area contributed by atoms with Gasteiger partial charge in [-0.1, -0.05) is 0 Å². The molecule has 2 aromatic heterocycles. The van der Waals surface area contributed by atoms with E-state index in [1.165, 1.54) is 12.4 Å². The van der Waals surface area contributed by atoms with Gasteiger partial charge >= 0.3 is 5.97 Å². The third-order valence-electron chi connectivity index (χ3n) is 2.47. The number of rotatable bonds is 3. The lowest BCUT2D eigenvalue weighted by Gasteiger charge is -2.04. The summed E-state index contributed by atoms with van der Waals surface area (Å²) in [6, 6.07) is 5.75. The lowest BCUT2D eigenvalue weighted by Crippen LogP contribution is -2.02. The highest BCUT2D eigenvalue weighted by molar-refractivity contribution is 7.16. The molecule has 0 saturated carbocycles. The van der Waals surface area contributed by atoms with Crippen LogP contribution in [-0.4, -0.2) is 26.0 Å². The Hall–Kier alpha value is -2.54. The average molecular weight is 272 g/mol. The zero-order valence-corrected chi connectivity index (χ0v) is 10.4. The summed E-state index contributed by atoms with van der Waals surface area (Å²) in [4.78, 5) is 22.6. The molecule has 0 spiro atoms. The van der Waals surface area contributed by atoms with Crippen LogP contribution in [0.15, 0.2) is 36.1 Å². The smallest absolute Gasteiger partial charge is 0.356 e. The second kappa shape index (κ2) is 4.62. The van der Waals surface area contributed by atoms with Crippen LogP contribution in [0.1, 0.15) is 10.5 Å². The van der Waals surface area contributed by atoms with Crippen molar-refractivity contribution in [3.05, 3.63) is 41.8 Å². The molecular weight excluding hydrogens is 264 g/mol. The summed E-state index contributed by atoms with van der Waals surface area (Å²) in [5.41, 5.74) is 3.51. The first-order chi connectivity index (χ1) is 9.22. The van der Waals surface area contributed by atoms with E-state index in [4.69, 9.17) is 5.11 Å². The van der Waals surface area contributed by atoms with E-state index in [0.29, 0.717) is 5.82 Å². The molecule has 3 rings (SSSR count). The summed E-state index contributed by atoms with van der Waals surface area (Å²) in [7, 11) is 0. The number of aromatic nitrogens is 3. The van der Waals surface area contributed by atoms with Gasteiger partial charge in [-0.3, -0.25) is 0 Å². The van der Waals surface area contributed by atoms with Crippen LogP contribution in [0, 0.1) is 0 Å². The van der Waals surface area contributed by atoms with Gasteiger partial charge in [0.05, 0.1) is 28.1 Å². The molecule has 0 amide bonds. The summed E-state index contributed by atoms with van der Waals surface area (Å²) >= 11 is 1.55. The van der Waals surface area contributed by atoms with Gasteiger partial charge in [0.25, 0.3) is 0 Å². The monoisotopic (exact) mass is 272 g/mol. The van der Waals surface area contributed by atoms with Gasteiger partial charge < -0.3 is 10.4 Å². The summed E-state index contributed by atoms with van der Waals surface area (Å²) in [6.45, 7) is 0. The zero-order valence-electron chi connectivity index (χ0n) is 9.57. The van der Waals surface area contributed by atoms with Crippen LogP contribution in [-0.2, 0) is 0 Å². The summed E-state index contributed by atoms with van der Waals surface area (Å²) in [5, 5.41) is 11.8. The molecule has 0 aliphatic rings. The molecule has 0 saturated heterocycles. The minimum Gasteiger partial charge on any atom is -0.476 e. The molecule has 3 aromatic rings. The molecule has 0 aliphatic heterocycles. The average Bonchev–Trinajstić information content (AvgIpc) is 2.87. The number of thiazole rings is 1. The lowest BCUT2D eigenvalue weighted by molar-refractivity contribution is 0.0690.